The van der Waals surface area contributed by atoms with Crippen LogP contribution in [0.25, 0.3) is 0 Å². The van der Waals surface area contributed by atoms with Crippen molar-refractivity contribution < 1.29 is 14.1 Å². The maximum atomic E-state index is 12.1. The van der Waals surface area contributed by atoms with Crippen molar-refractivity contribution in [2.45, 2.75) is 33.2 Å². The number of methoxy groups -OCH3 is 1. The lowest BCUT2D eigenvalue weighted by atomic mass is 10.1. The summed E-state index contributed by atoms with van der Waals surface area (Å²) in [4.78, 5) is 12.1. The molecule has 2 aromatic rings. The van der Waals surface area contributed by atoms with Gasteiger partial charge >= 0.3 is 0 Å². The zero-order chi connectivity index (χ0) is 16.7. The number of hydrogen-bond acceptors (Lipinski definition) is 2. The van der Waals surface area contributed by atoms with E-state index in [1.807, 2.05) is 35.8 Å². The van der Waals surface area contributed by atoms with Crippen molar-refractivity contribution in [1.82, 2.24) is 5.32 Å². The van der Waals surface area contributed by atoms with Gasteiger partial charge in [0.05, 0.1) is 7.11 Å². The van der Waals surface area contributed by atoms with Crippen molar-refractivity contribution >= 4 is 5.91 Å². The molecular weight excluding hydrogens is 288 g/mol. The van der Waals surface area contributed by atoms with E-state index in [2.05, 4.69) is 30.6 Å². The Bertz CT molecular complexity index is 651. The first-order chi connectivity index (χ1) is 11.1. The molecule has 23 heavy (non-hydrogen) atoms. The molecule has 4 nitrogen and oxygen atoms in total. The number of carbonyl (C=O) groups is 1. The van der Waals surface area contributed by atoms with Crippen molar-refractivity contribution in [2.24, 2.45) is 0 Å². The molecule has 1 aromatic carbocycles. The van der Waals surface area contributed by atoms with Crippen molar-refractivity contribution in [2.75, 3.05) is 13.7 Å². The van der Waals surface area contributed by atoms with E-state index in [-0.39, 0.29) is 5.91 Å². The minimum Gasteiger partial charge on any atom is -0.497 e. The summed E-state index contributed by atoms with van der Waals surface area (Å²) in [6.07, 6.45) is 3.84. The zero-order valence-corrected chi connectivity index (χ0v) is 14.1. The molecule has 0 aliphatic heterocycles. The molecule has 122 valence electrons. The molecule has 0 saturated heterocycles. The SMILES string of the molecule is CCc1ccc(C)[n+](CC(=O)NCCc2ccc(OC)cc2)c1. The number of carbonyl (C=O) groups excluding carboxylic acids is 1. The Morgan fingerprint density at radius 2 is 1.83 bits per heavy atom. The number of pyridine rings is 1. The molecule has 1 heterocycles. The average Bonchev–Trinajstić information content (AvgIpc) is 2.57. The summed E-state index contributed by atoms with van der Waals surface area (Å²) < 4.78 is 7.14. The largest absolute Gasteiger partial charge is 0.497 e. The van der Waals surface area contributed by atoms with Crippen LogP contribution in [0.3, 0.4) is 0 Å². The Morgan fingerprint density at radius 3 is 2.48 bits per heavy atom. The number of hydrogen-bond donors (Lipinski definition) is 1. The average molecular weight is 313 g/mol. The van der Waals surface area contributed by atoms with Crippen LogP contribution < -0.4 is 14.6 Å². The van der Waals surface area contributed by atoms with Gasteiger partial charge in [0.15, 0.2) is 11.9 Å². The van der Waals surface area contributed by atoms with Crippen molar-refractivity contribution in [3.05, 3.63) is 59.4 Å². The van der Waals surface area contributed by atoms with E-state index >= 15 is 0 Å². The van der Waals surface area contributed by atoms with Crippen LogP contribution in [-0.2, 0) is 24.2 Å². The minimum absolute atomic E-state index is 0.0415. The number of amides is 1. The number of nitrogens with zero attached hydrogens (tertiary/aromatic N) is 1. The highest BCUT2D eigenvalue weighted by atomic mass is 16.5. The lowest BCUT2D eigenvalue weighted by Gasteiger charge is -2.06. The van der Waals surface area contributed by atoms with Gasteiger partial charge < -0.3 is 10.1 Å². The van der Waals surface area contributed by atoms with Gasteiger partial charge in [-0.15, -0.1) is 0 Å². The molecule has 0 atom stereocenters. The van der Waals surface area contributed by atoms with Crippen LogP contribution in [0.4, 0.5) is 0 Å². The van der Waals surface area contributed by atoms with E-state index in [0.717, 1.165) is 24.3 Å². The molecule has 0 aliphatic rings. The van der Waals surface area contributed by atoms with E-state index in [1.165, 1.54) is 11.1 Å². The molecule has 1 N–H and O–H groups in total. The van der Waals surface area contributed by atoms with E-state index < -0.39 is 0 Å². The first-order valence-electron chi connectivity index (χ1n) is 8.01. The normalized spacial score (nSPS) is 10.4. The lowest BCUT2D eigenvalue weighted by molar-refractivity contribution is -0.690. The summed E-state index contributed by atoms with van der Waals surface area (Å²) in [5.41, 5.74) is 3.51. The van der Waals surface area contributed by atoms with Gasteiger partial charge in [-0.25, -0.2) is 0 Å². The first-order valence-corrected chi connectivity index (χ1v) is 8.01. The molecule has 0 saturated carbocycles. The summed E-state index contributed by atoms with van der Waals surface area (Å²) in [7, 11) is 1.66. The minimum atomic E-state index is 0.0415. The van der Waals surface area contributed by atoms with Crippen LogP contribution in [0.5, 0.6) is 5.75 Å². The Morgan fingerprint density at radius 1 is 1.13 bits per heavy atom. The quantitative estimate of drug-likeness (QED) is 0.796. The molecule has 0 aliphatic carbocycles. The summed E-state index contributed by atoms with van der Waals surface area (Å²) in [5, 5.41) is 2.98. The van der Waals surface area contributed by atoms with E-state index in [4.69, 9.17) is 4.74 Å². The maximum Gasteiger partial charge on any atom is 0.286 e. The van der Waals surface area contributed by atoms with Gasteiger partial charge in [0.2, 0.25) is 6.54 Å². The second-order valence-corrected chi connectivity index (χ2v) is 5.61. The van der Waals surface area contributed by atoms with Gasteiger partial charge in [0.25, 0.3) is 5.91 Å². The first kappa shape index (κ1) is 17.0. The van der Waals surface area contributed by atoms with Crippen molar-refractivity contribution in [3.63, 3.8) is 0 Å². The highest BCUT2D eigenvalue weighted by Crippen LogP contribution is 2.11. The monoisotopic (exact) mass is 313 g/mol. The molecule has 1 aromatic heterocycles. The number of benzene rings is 1. The highest BCUT2D eigenvalue weighted by Gasteiger charge is 2.12. The molecule has 2 rings (SSSR count). The van der Waals surface area contributed by atoms with Gasteiger partial charge in [-0.3, -0.25) is 4.79 Å². The van der Waals surface area contributed by atoms with Gasteiger partial charge in [0, 0.05) is 25.1 Å². The zero-order valence-electron chi connectivity index (χ0n) is 14.1. The Kier molecular flexibility index (Phi) is 6.15. The summed E-state index contributed by atoms with van der Waals surface area (Å²) >= 11 is 0. The highest BCUT2D eigenvalue weighted by molar-refractivity contribution is 5.74. The van der Waals surface area contributed by atoms with Gasteiger partial charge in [-0.2, -0.15) is 4.57 Å². The van der Waals surface area contributed by atoms with Crippen LogP contribution in [0.2, 0.25) is 0 Å². The third-order valence-electron chi connectivity index (χ3n) is 3.93. The fourth-order valence-corrected chi connectivity index (χ4v) is 2.40. The molecule has 4 heteroatoms. The molecule has 0 radical (unpaired) electrons. The van der Waals surface area contributed by atoms with Crippen LogP contribution in [-0.4, -0.2) is 19.6 Å². The fourth-order valence-electron chi connectivity index (χ4n) is 2.40. The van der Waals surface area contributed by atoms with E-state index in [0.29, 0.717) is 13.1 Å². The molecule has 0 unspecified atom stereocenters. The summed E-state index contributed by atoms with van der Waals surface area (Å²) in [6.45, 7) is 5.13. The lowest BCUT2D eigenvalue weighted by Crippen LogP contribution is -2.45. The summed E-state index contributed by atoms with van der Waals surface area (Å²) in [5.74, 6) is 0.889. The van der Waals surface area contributed by atoms with Crippen molar-refractivity contribution in [3.8, 4) is 5.75 Å². The molecular formula is C19H25N2O2+. The van der Waals surface area contributed by atoms with Gasteiger partial charge in [-0.05, 0) is 36.6 Å². The Labute approximate surface area is 138 Å². The van der Waals surface area contributed by atoms with E-state index in [1.54, 1.807) is 7.11 Å². The smallest absolute Gasteiger partial charge is 0.286 e. The molecule has 0 fully saturated rings. The van der Waals surface area contributed by atoms with Gasteiger partial charge in [0.1, 0.15) is 5.75 Å². The molecule has 0 spiro atoms. The van der Waals surface area contributed by atoms with Crippen molar-refractivity contribution in [1.29, 1.82) is 0 Å². The van der Waals surface area contributed by atoms with Crippen LogP contribution >= 0.6 is 0 Å². The summed E-state index contributed by atoms with van der Waals surface area (Å²) in [6, 6.07) is 12.1. The molecule has 0 bridgehead atoms. The third-order valence-corrected chi connectivity index (χ3v) is 3.93. The Hall–Kier alpha value is -2.36. The Balaban J connectivity index is 1.83. The fraction of sp³-hybridized carbons (Fsp3) is 0.368. The van der Waals surface area contributed by atoms with Crippen LogP contribution in [0.1, 0.15) is 23.7 Å². The van der Waals surface area contributed by atoms with Crippen LogP contribution in [0.15, 0.2) is 42.6 Å². The third kappa shape index (κ3) is 5.09. The number of ether oxygens (including phenoxy) is 1. The maximum absolute atomic E-state index is 12.1. The predicted octanol–water partition coefficient (Wildman–Crippen LogP) is 2.21. The number of rotatable bonds is 7. The van der Waals surface area contributed by atoms with Crippen LogP contribution in [0, 0.1) is 6.92 Å². The van der Waals surface area contributed by atoms with Gasteiger partial charge in [-0.1, -0.05) is 19.1 Å². The van der Waals surface area contributed by atoms with E-state index in [9.17, 15) is 4.79 Å². The predicted molar refractivity (Wildman–Crippen MR) is 90.5 cm³/mol. The standard InChI is InChI=1S/C19H24N2O2/c1-4-16-6-5-15(2)21(13-16)14-19(22)20-12-11-17-7-9-18(23-3)10-8-17/h5-10,13H,4,11-12,14H2,1-3H3/p+1. The second-order valence-electron chi connectivity index (χ2n) is 5.61. The number of nitrogens with one attached hydrogen (secondary N) is 1. The number of aryl methyl sites for hydroxylation is 2. The topological polar surface area (TPSA) is 42.2 Å². The second kappa shape index (κ2) is 8.32. The molecule has 1 amide bonds. The number of aromatic nitrogens is 1.